The number of para-hydroxylation sites is 2. The van der Waals surface area contributed by atoms with Crippen LogP contribution in [0.4, 0.5) is 5.69 Å². The highest BCUT2D eigenvalue weighted by Crippen LogP contribution is 2.38. The summed E-state index contributed by atoms with van der Waals surface area (Å²) in [4.78, 5) is 0. The quantitative estimate of drug-likeness (QED) is 0.710. The molecule has 0 fully saturated rings. The molecule has 0 N–H and O–H groups in total. The fourth-order valence-electron chi connectivity index (χ4n) is 1.52. The molecule has 0 atom stereocenters. The Morgan fingerprint density at radius 3 is 2.57 bits per heavy atom. The lowest BCUT2D eigenvalue weighted by molar-refractivity contribution is 0.494. The molecule has 76 valence electrons. The standard InChI is InChI=1S/C9H11NO3S/c1-7(2)10-8-5-3-4-6-9(8)13-14(10,11)12/h3-7H,1-2H3. The van der Waals surface area contributed by atoms with Crippen molar-refractivity contribution < 1.29 is 12.6 Å². The second-order valence-corrected chi connectivity index (χ2v) is 4.81. The lowest BCUT2D eigenvalue weighted by atomic mass is 10.2. The van der Waals surface area contributed by atoms with Crippen molar-refractivity contribution in [2.45, 2.75) is 19.9 Å². The number of hydrogen-bond acceptors (Lipinski definition) is 3. The number of hydrogen-bond donors (Lipinski definition) is 0. The summed E-state index contributed by atoms with van der Waals surface area (Å²) in [5.41, 5.74) is 0.613. The van der Waals surface area contributed by atoms with Crippen molar-refractivity contribution >= 4 is 16.0 Å². The van der Waals surface area contributed by atoms with Crippen LogP contribution < -0.4 is 8.49 Å². The zero-order valence-electron chi connectivity index (χ0n) is 7.97. The summed E-state index contributed by atoms with van der Waals surface area (Å²) in [7, 11) is -3.61. The third kappa shape index (κ3) is 1.24. The number of fused-ring (bicyclic) bond motifs is 1. The van der Waals surface area contributed by atoms with Crippen LogP contribution in [0.5, 0.6) is 5.75 Å². The minimum Gasteiger partial charge on any atom is -0.364 e. The summed E-state index contributed by atoms with van der Waals surface area (Å²) >= 11 is 0. The van der Waals surface area contributed by atoms with Gasteiger partial charge in [0.05, 0.1) is 5.69 Å². The van der Waals surface area contributed by atoms with Crippen molar-refractivity contribution in [2.75, 3.05) is 4.31 Å². The van der Waals surface area contributed by atoms with E-state index < -0.39 is 10.3 Å². The van der Waals surface area contributed by atoms with Gasteiger partial charge in [-0.15, -0.1) is 0 Å². The molecule has 0 spiro atoms. The minimum absolute atomic E-state index is 0.136. The van der Waals surface area contributed by atoms with Crippen LogP contribution in [0.2, 0.25) is 0 Å². The molecule has 1 aliphatic heterocycles. The average Bonchev–Trinajstić information content (AvgIpc) is 2.33. The molecule has 0 aromatic heterocycles. The topological polar surface area (TPSA) is 46.6 Å². The Balaban J connectivity index is 2.59. The van der Waals surface area contributed by atoms with Crippen LogP contribution in [0.15, 0.2) is 24.3 Å². The predicted octanol–water partition coefficient (Wildman–Crippen LogP) is 1.54. The Morgan fingerprint density at radius 2 is 1.93 bits per heavy atom. The van der Waals surface area contributed by atoms with Gasteiger partial charge in [0.1, 0.15) is 0 Å². The van der Waals surface area contributed by atoms with E-state index in [1.807, 2.05) is 13.8 Å². The molecule has 0 unspecified atom stereocenters. The highest BCUT2D eigenvalue weighted by atomic mass is 32.2. The van der Waals surface area contributed by atoms with Gasteiger partial charge in [-0.05, 0) is 26.0 Å². The summed E-state index contributed by atoms with van der Waals surface area (Å²) in [5.74, 6) is 0.404. The first kappa shape index (κ1) is 9.33. The molecule has 1 heterocycles. The number of rotatable bonds is 1. The summed E-state index contributed by atoms with van der Waals surface area (Å²) in [6, 6.07) is 6.79. The molecule has 5 heteroatoms. The van der Waals surface area contributed by atoms with E-state index in [1.165, 1.54) is 4.31 Å². The van der Waals surface area contributed by atoms with E-state index in [1.54, 1.807) is 24.3 Å². The van der Waals surface area contributed by atoms with E-state index >= 15 is 0 Å². The summed E-state index contributed by atoms with van der Waals surface area (Å²) in [6.45, 7) is 3.62. The third-order valence-corrected chi connectivity index (χ3v) is 3.50. The van der Waals surface area contributed by atoms with E-state index in [4.69, 9.17) is 4.18 Å². The molecule has 0 saturated carbocycles. The van der Waals surface area contributed by atoms with Crippen molar-refractivity contribution in [2.24, 2.45) is 0 Å². The van der Waals surface area contributed by atoms with Gasteiger partial charge in [0.15, 0.2) is 5.75 Å². The first-order chi connectivity index (χ1) is 6.52. The molecule has 0 amide bonds. The number of nitrogens with zero attached hydrogens (tertiary/aromatic N) is 1. The fraction of sp³-hybridized carbons (Fsp3) is 0.333. The van der Waals surface area contributed by atoms with Crippen molar-refractivity contribution in [3.63, 3.8) is 0 Å². The average molecular weight is 213 g/mol. The Hall–Kier alpha value is -1.23. The van der Waals surface area contributed by atoms with Gasteiger partial charge in [-0.3, -0.25) is 0 Å². The predicted molar refractivity (Wildman–Crippen MR) is 53.6 cm³/mol. The first-order valence-electron chi connectivity index (χ1n) is 4.35. The molecule has 14 heavy (non-hydrogen) atoms. The molecule has 2 rings (SSSR count). The Bertz CT molecular complexity index is 453. The lowest BCUT2D eigenvalue weighted by Gasteiger charge is -2.18. The molecular formula is C9H11NO3S. The van der Waals surface area contributed by atoms with Crippen LogP contribution in [-0.2, 0) is 10.3 Å². The molecule has 1 aromatic rings. The minimum atomic E-state index is -3.61. The molecule has 0 saturated heterocycles. The monoisotopic (exact) mass is 213 g/mol. The largest absolute Gasteiger partial charge is 0.410 e. The van der Waals surface area contributed by atoms with Gasteiger partial charge < -0.3 is 4.18 Å². The summed E-state index contributed by atoms with van der Waals surface area (Å²) in [5, 5.41) is 0. The second-order valence-electron chi connectivity index (χ2n) is 3.40. The van der Waals surface area contributed by atoms with Gasteiger partial charge in [-0.1, -0.05) is 12.1 Å². The normalized spacial score (nSPS) is 18.1. The zero-order valence-corrected chi connectivity index (χ0v) is 8.78. The van der Waals surface area contributed by atoms with E-state index in [2.05, 4.69) is 0 Å². The Morgan fingerprint density at radius 1 is 1.29 bits per heavy atom. The number of benzene rings is 1. The van der Waals surface area contributed by atoms with E-state index in [0.717, 1.165) is 0 Å². The summed E-state index contributed by atoms with van der Waals surface area (Å²) < 4.78 is 29.3. The van der Waals surface area contributed by atoms with E-state index in [0.29, 0.717) is 11.4 Å². The van der Waals surface area contributed by atoms with Crippen molar-refractivity contribution in [1.82, 2.24) is 0 Å². The molecular weight excluding hydrogens is 202 g/mol. The highest BCUT2D eigenvalue weighted by Gasteiger charge is 2.36. The first-order valence-corrected chi connectivity index (χ1v) is 5.72. The molecule has 0 aliphatic carbocycles. The SMILES string of the molecule is CC(C)N1c2ccccc2OS1(=O)=O. The van der Waals surface area contributed by atoms with Crippen molar-refractivity contribution in [3.05, 3.63) is 24.3 Å². The zero-order chi connectivity index (χ0) is 10.3. The highest BCUT2D eigenvalue weighted by molar-refractivity contribution is 7.88. The smallest absolute Gasteiger partial charge is 0.364 e. The van der Waals surface area contributed by atoms with E-state index in [-0.39, 0.29) is 6.04 Å². The Labute approximate surface area is 83.4 Å². The maximum atomic E-state index is 11.6. The maximum absolute atomic E-state index is 11.6. The van der Waals surface area contributed by atoms with E-state index in [9.17, 15) is 8.42 Å². The van der Waals surface area contributed by atoms with Gasteiger partial charge in [0.25, 0.3) is 0 Å². The van der Waals surface area contributed by atoms with Crippen molar-refractivity contribution in [3.8, 4) is 5.75 Å². The van der Waals surface area contributed by atoms with Gasteiger partial charge in [-0.2, -0.15) is 8.42 Å². The van der Waals surface area contributed by atoms with Gasteiger partial charge in [0, 0.05) is 6.04 Å². The molecule has 1 aliphatic rings. The van der Waals surface area contributed by atoms with Crippen LogP contribution in [0, 0.1) is 0 Å². The summed E-state index contributed by atoms with van der Waals surface area (Å²) in [6.07, 6.45) is 0. The molecule has 0 bridgehead atoms. The van der Waals surface area contributed by atoms with Crippen LogP contribution in [0.3, 0.4) is 0 Å². The van der Waals surface area contributed by atoms with Crippen molar-refractivity contribution in [1.29, 1.82) is 0 Å². The molecule has 4 nitrogen and oxygen atoms in total. The molecule has 1 aromatic carbocycles. The number of anilines is 1. The second kappa shape index (κ2) is 2.88. The van der Waals surface area contributed by atoms with Crippen LogP contribution >= 0.6 is 0 Å². The Kier molecular flexibility index (Phi) is 1.92. The van der Waals surface area contributed by atoms with Gasteiger partial charge >= 0.3 is 10.3 Å². The molecule has 0 radical (unpaired) electrons. The third-order valence-electron chi connectivity index (χ3n) is 2.01. The van der Waals surface area contributed by atoms with Crippen LogP contribution in [-0.4, -0.2) is 14.5 Å². The van der Waals surface area contributed by atoms with Crippen LogP contribution in [0.1, 0.15) is 13.8 Å². The lowest BCUT2D eigenvalue weighted by Crippen LogP contribution is -2.35. The van der Waals surface area contributed by atoms with Gasteiger partial charge in [-0.25, -0.2) is 4.31 Å². The maximum Gasteiger partial charge on any atom is 0.410 e. The van der Waals surface area contributed by atoms with Gasteiger partial charge in [0.2, 0.25) is 0 Å². The van der Waals surface area contributed by atoms with Crippen LogP contribution in [0.25, 0.3) is 0 Å². The fourth-order valence-corrected chi connectivity index (χ4v) is 2.88.